The third kappa shape index (κ3) is 7.35. The Bertz CT molecular complexity index is 1940. The van der Waals surface area contributed by atoms with E-state index < -0.39 is 23.5 Å². The first-order valence-electron chi connectivity index (χ1n) is 15.9. The molecule has 1 atom stereocenters. The van der Waals surface area contributed by atoms with E-state index in [1.165, 1.54) is 0 Å². The van der Waals surface area contributed by atoms with Gasteiger partial charge in [0.1, 0.15) is 17.3 Å². The van der Waals surface area contributed by atoms with Crippen LogP contribution < -0.4 is 15.4 Å². The molecule has 1 amide bonds. The van der Waals surface area contributed by atoms with Gasteiger partial charge in [-0.2, -0.15) is 0 Å². The van der Waals surface area contributed by atoms with Crippen molar-refractivity contribution in [3.63, 3.8) is 0 Å². The molecule has 6 rings (SSSR count). The molecule has 0 aromatic heterocycles. The Kier molecular flexibility index (Phi) is 10.1. The molecule has 0 unspecified atom stereocenters. The number of carbonyl (C=O) groups is 2. The number of carboxylic acids is 1. The minimum absolute atomic E-state index is 0.0914. The summed E-state index contributed by atoms with van der Waals surface area (Å²) in [4.78, 5) is 26.1. The van der Waals surface area contributed by atoms with E-state index in [9.17, 15) is 14.7 Å². The zero-order valence-electron chi connectivity index (χ0n) is 26.8. The summed E-state index contributed by atoms with van der Waals surface area (Å²) in [5.41, 5.74) is 5.66. The SMILES string of the molecule is COc1cccc(-c2ccc(C[C@H](NC(=O)c3cc(NC(c4ccccc4)(c4ccccc4)c4ccccc4)ccc3Cl)C(=O)O)cc2)c1. The number of anilines is 1. The number of halogens is 1. The molecule has 0 aliphatic rings. The van der Waals surface area contributed by atoms with Crippen LogP contribution in [0.2, 0.25) is 5.02 Å². The van der Waals surface area contributed by atoms with Crippen molar-refractivity contribution in [3.05, 3.63) is 191 Å². The molecule has 6 nitrogen and oxygen atoms in total. The van der Waals surface area contributed by atoms with E-state index in [-0.39, 0.29) is 17.0 Å². The van der Waals surface area contributed by atoms with Crippen LogP contribution in [0, 0.1) is 0 Å². The molecule has 244 valence electrons. The number of benzene rings is 6. The lowest BCUT2D eigenvalue weighted by molar-refractivity contribution is -0.139. The van der Waals surface area contributed by atoms with Gasteiger partial charge >= 0.3 is 5.97 Å². The van der Waals surface area contributed by atoms with Gasteiger partial charge in [-0.25, -0.2) is 4.79 Å². The monoisotopic (exact) mass is 666 g/mol. The van der Waals surface area contributed by atoms with Crippen LogP contribution >= 0.6 is 11.6 Å². The van der Waals surface area contributed by atoms with Gasteiger partial charge in [0, 0.05) is 12.1 Å². The van der Waals surface area contributed by atoms with Crippen LogP contribution in [-0.4, -0.2) is 30.1 Å². The molecule has 49 heavy (non-hydrogen) atoms. The van der Waals surface area contributed by atoms with Gasteiger partial charge in [-0.1, -0.05) is 139 Å². The van der Waals surface area contributed by atoms with Crippen LogP contribution in [0.5, 0.6) is 5.75 Å². The molecular formula is C42H35ClN2O4. The number of hydrogen-bond donors (Lipinski definition) is 3. The highest BCUT2D eigenvalue weighted by Gasteiger charge is 2.36. The molecule has 6 aromatic carbocycles. The second-order valence-corrected chi connectivity index (χ2v) is 12.1. The van der Waals surface area contributed by atoms with Crippen molar-refractivity contribution in [2.24, 2.45) is 0 Å². The number of amides is 1. The largest absolute Gasteiger partial charge is 0.497 e. The zero-order valence-corrected chi connectivity index (χ0v) is 27.6. The third-order valence-corrected chi connectivity index (χ3v) is 8.89. The summed E-state index contributed by atoms with van der Waals surface area (Å²) in [5, 5.41) is 16.8. The van der Waals surface area contributed by atoms with Crippen LogP contribution in [0.4, 0.5) is 5.69 Å². The molecule has 7 heteroatoms. The quantitative estimate of drug-likeness (QED) is 0.114. The first-order valence-corrected chi connectivity index (χ1v) is 16.3. The number of ether oxygens (including phenoxy) is 1. The average Bonchev–Trinajstić information content (AvgIpc) is 3.15. The Hall–Kier alpha value is -5.85. The zero-order chi connectivity index (χ0) is 34.2. The van der Waals surface area contributed by atoms with Gasteiger partial charge in [-0.3, -0.25) is 4.79 Å². The van der Waals surface area contributed by atoms with Crippen LogP contribution in [0.3, 0.4) is 0 Å². The van der Waals surface area contributed by atoms with Crippen LogP contribution in [0.15, 0.2) is 158 Å². The number of carbonyl (C=O) groups excluding carboxylic acids is 1. The predicted octanol–water partition coefficient (Wildman–Crippen LogP) is 8.85. The Morgan fingerprint density at radius 1 is 0.694 bits per heavy atom. The van der Waals surface area contributed by atoms with Crippen LogP contribution in [-0.2, 0) is 16.8 Å². The van der Waals surface area contributed by atoms with Crippen LogP contribution in [0.1, 0.15) is 32.6 Å². The summed E-state index contributed by atoms with van der Waals surface area (Å²) >= 11 is 6.59. The maximum atomic E-state index is 13.7. The Morgan fingerprint density at radius 2 is 1.27 bits per heavy atom. The van der Waals surface area contributed by atoms with Crippen molar-refractivity contribution in [3.8, 4) is 16.9 Å². The molecule has 3 N–H and O–H groups in total. The van der Waals surface area contributed by atoms with E-state index in [0.717, 1.165) is 39.1 Å². The van der Waals surface area contributed by atoms with Gasteiger partial charge in [-0.15, -0.1) is 0 Å². The molecule has 0 saturated carbocycles. The van der Waals surface area contributed by atoms with Gasteiger partial charge in [-0.05, 0) is 63.7 Å². The molecule has 0 aliphatic carbocycles. The molecule has 0 heterocycles. The maximum Gasteiger partial charge on any atom is 0.326 e. The van der Waals surface area contributed by atoms with Crippen molar-refractivity contribution < 1.29 is 19.4 Å². The maximum absolute atomic E-state index is 13.7. The highest BCUT2D eigenvalue weighted by molar-refractivity contribution is 6.34. The standard InChI is InChI=1S/C42H35ClN2O4/c1-49-36-19-11-12-31(27-36)30-22-20-29(21-23-30)26-39(41(47)48)44-40(46)37-28-35(24-25-38(37)43)45-42(32-13-5-2-6-14-32,33-15-7-3-8-16-33)34-17-9-4-10-18-34/h2-25,27-28,39,45H,26H2,1H3,(H,44,46)(H,47,48)/t39-/m0/s1. The molecule has 0 radical (unpaired) electrons. The van der Waals surface area contributed by atoms with E-state index in [0.29, 0.717) is 5.69 Å². The molecule has 0 spiro atoms. The fourth-order valence-electron chi connectivity index (χ4n) is 6.08. The number of aliphatic carboxylic acids is 1. The number of methoxy groups -OCH3 is 1. The minimum Gasteiger partial charge on any atom is -0.497 e. The lowest BCUT2D eigenvalue weighted by Gasteiger charge is -2.38. The highest BCUT2D eigenvalue weighted by Crippen LogP contribution is 2.40. The number of carboxylic acid groups (broad SMARTS) is 1. The summed E-state index contributed by atoms with van der Waals surface area (Å²) in [6.45, 7) is 0. The lowest BCUT2D eigenvalue weighted by Crippen LogP contribution is -2.42. The van der Waals surface area contributed by atoms with E-state index in [4.69, 9.17) is 16.3 Å². The molecular weight excluding hydrogens is 632 g/mol. The van der Waals surface area contributed by atoms with Crippen molar-refractivity contribution in [2.45, 2.75) is 18.0 Å². The second kappa shape index (κ2) is 14.9. The molecule has 0 saturated heterocycles. The van der Waals surface area contributed by atoms with E-state index in [1.54, 1.807) is 19.2 Å². The van der Waals surface area contributed by atoms with Crippen molar-refractivity contribution in [2.75, 3.05) is 12.4 Å². The first-order chi connectivity index (χ1) is 23.9. The Balaban J connectivity index is 1.28. The third-order valence-electron chi connectivity index (χ3n) is 8.56. The van der Waals surface area contributed by atoms with Crippen LogP contribution in [0.25, 0.3) is 11.1 Å². The number of nitrogens with one attached hydrogen (secondary N) is 2. The summed E-state index contributed by atoms with van der Waals surface area (Å²) in [7, 11) is 1.62. The number of hydrogen-bond acceptors (Lipinski definition) is 4. The Morgan fingerprint density at radius 3 is 1.80 bits per heavy atom. The summed E-state index contributed by atoms with van der Waals surface area (Å²) in [6.07, 6.45) is 0.0914. The molecule has 0 fully saturated rings. The smallest absolute Gasteiger partial charge is 0.326 e. The molecule has 6 aromatic rings. The fourth-order valence-corrected chi connectivity index (χ4v) is 6.29. The van der Waals surface area contributed by atoms with Gasteiger partial charge in [0.05, 0.1) is 17.7 Å². The minimum atomic E-state index is -1.18. The normalized spacial score (nSPS) is 11.7. The van der Waals surface area contributed by atoms with Gasteiger partial charge < -0.3 is 20.5 Å². The van der Waals surface area contributed by atoms with Crippen molar-refractivity contribution in [1.82, 2.24) is 5.32 Å². The lowest BCUT2D eigenvalue weighted by atomic mass is 9.76. The first kappa shape index (κ1) is 33.1. The van der Waals surface area contributed by atoms with Crippen molar-refractivity contribution in [1.29, 1.82) is 0 Å². The van der Waals surface area contributed by atoms with E-state index in [2.05, 4.69) is 47.0 Å². The predicted molar refractivity (Wildman–Crippen MR) is 195 cm³/mol. The topological polar surface area (TPSA) is 87.7 Å². The highest BCUT2D eigenvalue weighted by atomic mass is 35.5. The van der Waals surface area contributed by atoms with Gasteiger partial charge in [0.15, 0.2) is 0 Å². The van der Waals surface area contributed by atoms with E-state index >= 15 is 0 Å². The second-order valence-electron chi connectivity index (χ2n) is 11.7. The molecule has 0 bridgehead atoms. The van der Waals surface area contributed by atoms with Crippen molar-refractivity contribution >= 4 is 29.2 Å². The Labute approximate surface area is 291 Å². The summed E-state index contributed by atoms with van der Waals surface area (Å²) in [5.74, 6) is -0.982. The number of rotatable bonds is 12. The summed E-state index contributed by atoms with van der Waals surface area (Å²) in [6, 6.07) is 49.6. The fraction of sp³-hybridized carbons (Fsp3) is 0.0952. The van der Waals surface area contributed by atoms with Gasteiger partial charge in [0.25, 0.3) is 5.91 Å². The van der Waals surface area contributed by atoms with Gasteiger partial charge in [0.2, 0.25) is 0 Å². The van der Waals surface area contributed by atoms with E-state index in [1.807, 2.05) is 109 Å². The summed E-state index contributed by atoms with van der Waals surface area (Å²) < 4.78 is 5.33. The molecule has 0 aliphatic heterocycles. The average molecular weight is 667 g/mol.